The lowest BCUT2D eigenvalue weighted by molar-refractivity contribution is -0.154. The summed E-state index contributed by atoms with van der Waals surface area (Å²) in [4.78, 5) is 24.8. The van der Waals surface area contributed by atoms with Gasteiger partial charge in [-0.1, -0.05) is 38.0 Å². The average Bonchev–Trinajstić information content (AvgIpc) is 3.66. The maximum absolute atomic E-state index is 13.3. The number of esters is 1. The van der Waals surface area contributed by atoms with Gasteiger partial charge >= 0.3 is 5.97 Å². The van der Waals surface area contributed by atoms with Crippen molar-refractivity contribution in [3.8, 4) is 0 Å². The van der Waals surface area contributed by atoms with Crippen LogP contribution in [0.2, 0.25) is 0 Å². The Morgan fingerprint density at radius 1 is 1.05 bits per heavy atom. The number of nitrogens with zero attached hydrogens (tertiary/aromatic N) is 5. The zero-order valence-corrected chi connectivity index (χ0v) is 25.1. The molecule has 0 amide bonds. The number of hydrogen-bond donors (Lipinski definition) is 1. The van der Waals surface area contributed by atoms with Crippen LogP contribution in [0.1, 0.15) is 72.9 Å². The summed E-state index contributed by atoms with van der Waals surface area (Å²) in [5.41, 5.74) is 6.06. The predicted molar refractivity (Wildman–Crippen MR) is 159 cm³/mol. The van der Waals surface area contributed by atoms with Gasteiger partial charge in [0.1, 0.15) is 11.9 Å². The van der Waals surface area contributed by atoms with Gasteiger partial charge < -0.3 is 14.6 Å². The van der Waals surface area contributed by atoms with Crippen molar-refractivity contribution < 1.29 is 19.4 Å². The molecule has 1 aromatic carbocycles. The first kappa shape index (κ1) is 28.8. The van der Waals surface area contributed by atoms with Crippen molar-refractivity contribution in [2.24, 2.45) is 11.8 Å². The van der Waals surface area contributed by atoms with Gasteiger partial charge in [-0.3, -0.25) is 4.90 Å². The van der Waals surface area contributed by atoms with Crippen LogP contribution >= 0.6 is 0 Å². The number of aliphatic hydroxyl groups excluding tert-OH is 1. The van der Waals surface area contributed by atoms with Crippen molar-refractivity contribution in [2.45, 2.75) is 84.8 Å². The molecule has 1 saturated carbocycles. The third-order valence-corrected chi connectivity index (χ3v) is 9.30. The quantitative estimate of drug-likeness (QED) is 0.363. The molecule has 6 rings (SSSR count). The van der Waals surface area contributed by atoms with E-state index in [2.05, 4.69) is 45.1 Å². The first-order valence-electron chi connectivity index (χ1n) is 15.6. The molecule has 0 radical (unpaired) electrons. The Hall–Kier alpha value is -3.30. The fourth-order valence-electron chi connectivity index (χ4n) is 7.02. The van der Waals surface area contributed by atoms with Gasteiger partial charge in [0.05, 0.1) is 24.7 Å². The number of hydrogen-bond acceptors (Lipinski definition) is 8. The molecule has 2 fully saturated rings. The smallest absolute Gasteiger partial charge is 0.338 e. The Morgan fingerprint density at radius 2 is 1.83 bits per heavy atom. The van der Waals surface area contributed by atoms with Crippen LogP contribution in [0.15, 0.2) is 35.6 Å². The second-order valence-corrected chi connectivity index (χ2v) is 12.2. The van der Waals surface area contributed by atoms with E-state index in [9.17, 15) is 9.90 Å². The molecule has 2 aromatic heterocycles. The third-order valence-electron chi connectivity index (χ3n) is 9.30. The molecule has 3 aromatic rings. The third kappa shape index (κ3) is 6.08. The lowest BCUT2D eigenvalue weighted by Gasteiger charge is -2.35. The number of ether oxygens (including phenoxy) is 2. The topological polar surface area (TPSA) is 102 Å². The minimum absolute atomic E-state index is 0.122. The number of morpholine rings is 1. The second-order valence-electron chi connectivity index (χ2n) is 12.2. The molecule has 0 bridgehead atoms. The first-order chi connectivity index (χ1) is 20.4. The fraction of sp³-hybridized carbons (Fsp3) is 0.576. The van der Waals surface area contributed by atoms with Crippen molar-refractivity contribution in [3.05, 3.63) is 69.5 Å². The number of benzene rings is 1. The minimum atomic E-state index is -0.443. The lowest BCUT2D eigenvalue weighted by Crippen LogP contribution is -2.40. The van der Waals surface area contributed by atoms with Gasteiger partial charge in [-0.05, 0) is 74.6 Å². The highest BCUT2D eigenvalue weighted by Gasteiger charge is 2.42. The second kappa shape index (κ2) is 12.5. The number of carbonyl (C=O) groups excluding carboxylic acids is 1. The maximum atomic E-state index is 13.3. The highest BCUT2D eigenvalue weighted by molar-refractivity contribution is 5.90. The summed E-state index contributed by atoms with van der Waals surface area (Å²) in [5, 5.41) is 16.2. The van der Waals surface area contributed by atoms with E-state index in [0.29, 0.717) is 18.0 Å². The molecule has 2 atom stereocenters. The Morgan fingerprint density at radius 3 is 2.60 bits per heavy atom. The van der Waals surface area contributed by atoms with E-state index in [1.54, 1.807) is 4.52 Å². The van der Waals surface area contributed by atoms with Crippen LogP contribution in [-0.4, -0.2) is 68.0 Å². The minimum Gasteiger partial charge on any atom is -0.511 e. The van der Waals surface area contributed by atoms with Gasteiger partial charge in [0.2, 0.25) is 0 Å². The largest absolute Gasteiger partial charge is 0.511 e. The maximum Gasteiger partial charge on any atom is 0.338 e. The van der Waals surface area contributed by atoms with E-state index < -0.39 is 5.97 Å². The molecule has 224 valence electrons. The van der Waals surface area contributed by atoms with Crippen LogP contribution < -0.4 is 0 Å². The molecule has 1 aliphatic carbocycles. The van der Waals surface area contributed by atoms with Crippen molar-refractivity contribution in [2.75, 3.05) is 26.3 Å². The van der Waals surface area contributed by atoms with Gasteiger partial charge in [0, 0.05) is 37.4 Å². The van der Waals surface area contributed by atoms with E-state index in [1.807, 2.05) is 19.9 Å². The Kier molecular flexibility index (Phi) is 8.58. The van der Waals surface area contributed by atoms with Crippen LogP contribution in [0.5, 0.6) is 0 Å². The molecule has 3 aliphatic rings. The number of aryl methyl sites for hydroxylation is 4. The number of aromatic nitrogens is 4. The summed E-state index contributed by atoms with van der Waals surface area (Å²) >= 11 is 0. The zero-order valence-electron chi connectivity index (χ0n) is 25.1. The first-order valence-corrected chi connectivity index (χ1v) is 15.6. The number of carbonyl (C=O) groups is 1. The van der Waals surface area contributed by atoms with E-state index >= 15 is 0 Å². The summed E-state index contributed by atoms with van der Waals surface area (Å²) in [6.07, 6.45) is 6.68. The van der Waals surface area contributed by atoms with Crippen LogP contribution in [0.4, 0.5) is 0 Å². The highest BCUT2D eigenvalue weighted by atomic mass is 16.5. The van der Waals surface area contributed by atoms with E-state index in [4.69, 9.17) is 9.47 Å². The monoisotopic (exact) mass is 573 g/mol. The van der Waals surface area contributed by atoms with Gasteiger partial charge in [-0.25, -0.2) is 14.3 Å². The van der Waals surface area contributed by atoms with Gasteiger partial charge in [-0.2, -0.15) is 4.98 Å². The lowest BCUT2D eigenvalue weighted by atomic mass is 9.81. The molecule has 2 unspecified atom stereocenters. The predicted octanol–water partition coefficient (Wildman–Crippen LogP) is 4.85. The van der Waals surface area contributed by atoms with Crippen molar-refractivity contribution in [1.29, 1.82) is 0 Å². The molecule has 9 nitrogen and oxygen atoms in total. The SMILES string of the molecule is CCc1cc(CCC2C(O)=C(Cc3nc4nc(C)cc(C)n4n3)C(=O)OC2C2CCCC2)ccc1CN1CCOCC1. The van der Waals surface area contributed by atoms with Gasteiger partial charge in [-0.15, -0.1) is 5.10 Å². The molecule has 2 aliphatic heterocycles. The molecular weight excluding hydrogens is 530 g/mol. The normalized spacial score (nSPS) is 22.3. The van der Waals surface area contributed by atoms with E-state index in [-0.39, 0.29) is 35.7 Å². The summed E-state index contributed by atoms with van der Waals surface area (Å²) in [7, 11) is 0. The average molecular weight is 574 g/mol. The number of aliphatic hydroxyl groups is 1. The van der Waals surface area contributed by atoms with Crippen LogP contribution in [0, 0.1) is 25.7 Å². The van der Waals surface area contributed by atoms with Crippen LogP contribution in [0.25, 0.3) is 5.78 Å². The Balaban J connectivity index is 1.23. The summed E-state index contributed by atoms with van der Waals surface area (Å²) < 4.78 is 13.3. The Labute approximate surface area is 247 Å². The summed E-state index contributed by atoms with van der Waals surface area (Å²) in [6.45, 7) is 10.6. The molecule has 4 heterocycles. The molecular formula is C33H43N5O4. The van der Waals surface area contributed by atoms with E-state index in [1.165, 1.54) is 16.7 Å². The fourth-order valence-corrected chi connectivity index (χ4v) is 7.02. The highest BCUT2D eigenvalue weighted by Crippen LogP contribution is 2.40. The Bertz CT molecular complexity index is 1470. The molecule has 1 saturated heterocycles. The summed E-state index contributed by atoms with van der Waals surface area (Å²) in [6, 6.07) is 8.77. The molecule has 1 N–H and O–H groups in total. The number of fused-ring (bicyclic) bond motifs is 1. The van der Waals surface area contributed by atoms with Gasteiger partial charge in [0.25, 0.3) is 5.78 Å². The molecule has 0 spiro atoms. The van der Waals surface area contributed by atoms with Crippen molar-refractivity contribution >= 4 is 11.7 Å². The summed E-state index contributed by atoms with van der Waals surface area (Å²) in [5.74, 6) is 0.710. The number of rotatable bonds is 9. The molecule has 9 heteroatoms. The van der Waals surface area contributed by atoms with Gasteiger partial charge in [0.15, 0.2) is 5.82 Å². The molecule has 42 heavy (non-hydrogen) atoms. The van der Waals surface area contributed by atoms with Crippen LogP contribution in [-0.2, 0) is 40.1 Å². The number of cyclic esters (lactones) is 1. The van der Waals surface area contributed by atoms with Crippen molar-refractivity contribution in [1.82, 2.24) is 24.5 Å². The van der Waals surface area contributed by atoms with Crippen molar-refractivity contribution in [3.63, 3.8) is 0 Å². The standard InChI is InChI=1S/C33H43N5O4/c1-4-24-18-23(9-11-26(24)20-37-13-15-41-16-14-37)10-12-27-30(39)28(32(40)42-31(27)25-7-5-6-8-25)19-29-35-33-34-21(2)17-22(3)38(33)36-29/h9,11,17-18,25,27,31,39H,4-8,10,12-16,19-20H2,1-3H3. The van der Waals surface area contributed by atoms with E-state index in [0.717, 1.165) is 82.8 Å². The zero-order chi connectivity index (χ0) is 29.2. The van der Waals surface area contributed by atoms with Crippen LogP contribution in [0.3, 0.4) is 0 Å².